The topological polar surface area (TPSA) is 35.5 Å². The van der Waals surface area contributed by atoms with E-state index in [1.165, 1.54) is 7.11 Å². The lowest BCUT2D eigenvalue weighted by Crippen LogP contribution is -2.11. The average Bonchev–Trinajstić information content (AvgIpc) is 2.67. The number of ether oxygens (including phenoxy) is 2. The van der Waals surface area contributed by atoms with Gasteiger partial charge in [-0.1, -0.05) is 60.7 Å². The molecule has 4 rings (SSSR count). The van der Waals surface area contributed by atoms with Crippen LogP contribution in [0.1, 0.15) is 15.9 Å². The van der Waals surface area contributed by atoms with E-state index >= 15 is 0 Å². The van der Waals surface area contributed by atoms with Gasteiger partial charge in [0.2, 0.25) is 0 Å². The van der Waals surface area contributed by atoms with E-state index in [0.29, 0.717) is 12.2 Å². The van der Waals surface area contributed by atoms with Crippen LogP contribution in [0.4, 0.5) is 0 Å². The molecule has 118 valence electrons. The number of esters is 1. The molecule has 3 nitrogen and oxygen atoms in total. The first kappa shape index (κ1) is 14.5. The Labute approximate surface area is 140 Å². The molecule has 0 bridgehead atoms. The third-order valence-electron chi connectivity index (χ3n) is 4.27. The molecule has 0 radical (unpaired) electrons. The van der Waals surface area contributed by atoms with Crippen LogP contribution in [0.3, 0.4) is 0 Å². The van der Waals surface area contributed by atoms with Gasteiger partial charge in [-0.2, -0.15) is 0 Å². The molecule has 3 heteroatoms. The quantitative estimate of drug-likeness (QED) is 0.643. The summed E-state index contributed by atoms with van der Waals surface area (Å²) in [5.41, 5.74) is 3.20. The normalized spacial score (nSPS) is 12.5. The standard InChI is InChI=1S/C21H16O3/c1-23-21(22)19-17-12-7-13-24-20(17)16-11-6-5-10-15(16)18(19)14-8-3-2-4-9-14/h2-12H,13H2,1H3. The molecule has 0 atom stereocenters. The predicted octanol–water partition coefficient (Wildman–Crippen LogP) is 4.70. The Balaban J connectivity index is 2.20. The minimum absolute atomic E-state index is 0.356. The molecule has 0 N–H and O–H groups in total. The van der Waals surface area contributed by atoms with Gasteiger partial charge in [-0.05, 0) is 17.0 Å². The van der Waals surface area contributed by atoms with Gasteiger partial charge in [0, 0.05) is 16.5 Å². The largest absolute Gasteiger partial charge is 0.488 e. The van der Waals surface area contributed by atoms with Gasteiger partial charge in [0.15, 0.2) is 0 Å². The fourth-order valence-electron chi connectivity index (χ4n) is 3.26. The Bertz CT molecular complexity index is 956. The van der Waals surface area contributed by atoms with Crippen molar-refractivity contribution >= 4 is 22.8 Å². The maximum Gasteiger partial charge on any atom is 0.339 e. The fraction of sp³-hybridized carbons (Fsp3) is 0.0952. The summed E-state index contributed by atoms with van der Waals surface area (Å²) in [6.45, 7) is 0.502. The molecule has 3 aromatic rings. The summed E-state index contributed by atoms with van der Waals surface area (Å²) in [6, 6.07) is 17.9. The summed E-state index contributed by atoms with van der Waals surface area (Å²) in [5, 5.41) is 1.99. The highest BCUT2D eigenvalue weighted by atomic mass is 16.5. The number of fused-ring (bicyclic) bond motifs is 3. The number of carbonyl (C=O) groups excluding carboxylic acids is 1. The lowest BCUT2D eigenvalue weighted by atomic mass is 9.88. The molecule has 0 spiro atoms. The van der Waals surface area contributed by atoms with Crippen LogP contribution < -0.4 is 4.74 Å². The minimum atomic E-state index is -0.356. The van der Waals surface area contributed by atoms with Gasteiger partial charge in [0.05, 0.1) is 12.7 Å². The van der Waals surface area contributed by atoms with Crippen LogP contribution in [0.25, 0.3) is 28.0 Å². The molecule has 1 heterocycles. The van der Waals surface area contributed by atoms with E-state index in [2.05, 4.69) is 0 Å². The van der Waals surface area contributed by atoms with Crippen molar-refractivity contribution < 1.29 is 14.3 Å². The molecule has 0 aliphatic carbocycles. The minimum Gasteiger partial charge on any atom is -0.488 e. The molecule has 0 amide bonds. The number of benzene rings is 3. The van der Waals surface area contributed by atoms with Crippen LogP contribution in [0.15, 0.2) is 60.7 Å². The van der Waals surface area contributed by atoms with E-state index in [4.69, 9.17) is 9.47 Å². The van der Waals surface area contributed by atoms with Crippen LogP contribution >= 0.6 is 0 Å². The van der Waals surface area contributed by atoms with Crippen LogP contribution in [-0.4, -0.2) is 19.7 Å². The van der Waals surface area contributed by atoms with E-state index in [1.807, 2.05) is 66.7 Å². The van der Waals surface area contributed by atoms with Crippen molar-refractivity contribution in [2.24, 2.45) is 0 Å². The number of hydrogen-bond acceptors (Lipinski definition) is 3. The van der Waals surface area contributed by atoms with Gasteiger partial charge in [0.1, 0.15) is 12.4 Å². The SMILES string of the molecule is COC(=O)c1c2c(c3ccccc3c1-c1ccccc1)OCC=C2. The van der Waals surface area contributed by atoms with Crippen molar-refractivity contribution in [2.45, 2.75) is 0 Å². The predicted molar refractivity (Wildman–Crippen MR) is 95.3 cm³/mol. The summed E-state index contributed by atoms with van der Waals surface area (Å²) in [4.78, 5) is 12.6. The Morgan fingerprint density at radius 2 is 1.71 bits per heavy atom. The van der Waals surface area contributed by atoms with Crippen molar-refractivity contribution in [1.82, 2.24) is 0 Å². The Morgan fingerprint density at radius 1 is 1.00 bits per heavy atom. The molecule has 0 fully saturated rings. The van der Waals surface area contributed by atoms with Crippen LogP contribution in [-0.2, 0) is 4.74 Å². The summed E-state index contributed by atoms with van der Waals surface area (Å²) in [6.07, 6.45) is 3.86. The van der Waals surface area contributed by atoms with E-state index < -0.39 is 0 Å². The Hall–Kier alpha value is -3.07. The van der Waals surface area contributed by atoms with Gasteiger partial charge < -0.3 is 9.47 Å². The van der Waals surface area contributed by atoms with Gasteiger partial charge >= 0.3 is 5.97 Å². The zero-order valence-corrected chi connectivity index (χ0v) is 13.3. The number of carbonyl (C=O) groups is 1. The van der Waals surface area contributed by atoms with E-state index in [1.54, 1.807) is 0 Å². The van der Waals surface area contributed by atoms with Crippen molar-refractivity contribution in [1.29, 1.82) is 0 Å². The molecule has 1 aliphatic rings. The highest BCUT2D eigenvalue weighted by molar-refractivity contribution is 6.13. The summed E-state index contributed by atoms with van der Waals surface area (Å²) in [5.74, 6) is 0.388. The van der Waals surface area contributed by atoms with Gasteiger partial charge in [-0.3, -0.25) is 0 Å². The Morgan fingerprint density at radius 3 is 2.46 bits per heavy atom. The van der Waals surface area contributed by atoms with Crippen molar-refractivity contribution in [3.8, 4) is 16.9 Å². The third kappa shape index (κ3) is 2.17. The van der Waals surface area contributed by atoms with E-state index in [0.717, 1.165) is 33.2 Å². The smallest absolute Gasteiger partial charge is 0.339 e. The molecule has 0 unspecified atom stereocenters. The number of rotatable bonds is 2. The highest BCUT2D eigenvalue weighted by Crippen LogP contribution is 2.43. The van der Waals surface area contributed by atoms with Gasteiger partial charge in [-0.25, -0.2) is 4.79 Å². The summed E-state index contributed by atoms with van der Waals surface area (Å²) < 4.78 is 11.0. The summed E-state index contributed by atoms with van der Waals surface area (Å²) >= 11 is 0. The highest BCUT2D eigenvalue weighted by Gasteiger charge is 2.26. The van der Waals surface area contributed by atoms with Crippen LogP contribution in [0.2, 0.25) is 0 Å². The maximum absolute atomic E-state index is 12.6. The van der Waals surface area contributed by atoms with Crippen LogP contribution in [0.5, 0.6) is 5.75 Å². The zero-order valence-electron chi connectivity index (χ0n) is 13.3. The first-order valence-electron chi connectivity index (χ1n) is 7.83. The molecule has 3 aromatic carbocycles. The number of methoxy groups -OCH3 is 1. The first-order chi connectivity index (χ1) is 11.8. The van der Waals surface area contributed by atoms with Crippen LogP contribution in [0, 0.1) is 0 Å². The fourth-order valence-corrected chi connectivity index (χ4v) is 3.26. The van der Waals surface area contributed by atoms with Gasteiger partial charge in [0.25, 0.3) is 0 Å². The van der Waals surface area contributed by atoms with Gasteiger partial charge in [-0.15, -0.1) is 0 Å². The molecular formula is C21H16O3. The second kappa shape index (κ2) is 5.85. The Kier molecular flexibility index (Phi) is 3.54. The zero-order chi connectivity index (χ0) is 16.5. The average molecular weight is 316 g/mol. The molecule has 0 aromatic heterocycles. The molecule has 0 saturated carbocycles. The molecule has 24 heavy (non-hydrogen) atoms. The molecule has 0 saturated heterocycles. The maximum atomic E-state index is 12.6. The van der Waals surface area contributed by atoms with E-state index in [9.17, 15) is 4.79 Å². The van der Waals surface area contributed by atoms with Crippen molar-refractivity contribution in [3.63, 3.8) is 0 Å². The van der Waals surface area contributed by atoms with Crippen molar-refractivity contribution in [3.05, 3.63) is 71.8 Å². The number of hydrogen-bond donors (Lipinski definition) is 0. The van der Waals surface area contributed by atoms with E-state index in [-0.39, 0.29) is 5.97 Å². The molecular weight excluding hydrogens is 300 g/mol. The summed E-state index contributed by atoms with van der Waals surface area (Å²) in [7, 11) is 1.41. The third-order valence-corrected chi connectivity index (χ3v) is 4.27. The van der Waals surface area contributed by atoms with Crippen molar-refractivity contribution in [2.75, 3.05) is 13.7 Å². The second-order valence-corrected chi connectivity index (χ2v) is 5.61. The second-order valence-electron chi connectivity index (χ2n) is 5.61. The molecule has 1 aliphatic heterocycles. The lowest BCUT2D eigenvalue weighted by molar-refractivity contribution is 0.0601. The monoisotopic (exact) mass is 316 g/mol. The lowest BCUT2D eigenvalue weighted by Gasteiger charge is -2.22. The first-order valence-corrected chi connectivity index (χ1v) is 7.83.